The fraction of sp³-hybridized carbons (Fsp3) is 0. The molecule has 0 spiro atoms. The number of rotatable bonds is 4. The number of allylic oxidation sites excluding steroid dienone is 4. The number of nitrogens with zero attached hydrogens (tertiary/aromatic N) is 1. The minimum atomic E-state index is -3.99. The molecule has 0 bridgehead atoms. The van der Waals surface area contributed by atoms with Crippen LogP contribution in [-0.2, 0) is 19.2 Å². The van der Waals surface area contributed by atoms with Crippen molar-refractivity contribution in [1.82, 2.24) is 0 Å². The lowest BCUT2D eigenvalue weighted by molar-refractivity contribution is -0.109. The van der Waals surface area contributed by atoms with E-state index in [1.165, 1.54) is 30.4 Å². The van der Waals surface area contributed by atoms with Gasteiger partial charge in [-0.05, 0) is 35.9 Å². The predicted molar refractivity (Wildman–Crippen MR) is 90.7 cm³/mol. The number of carbonyl (C=O) groups excluding carboxylic acids is 1. The lowest BCUT2D eigenvalue weighted by Gasteiger charge is -2.08. The Balaban J connectivity index is 1.87. The summed E-state index contributed by atoms with van der Waals surface area (Å²) >= 11 is 0. The molecule has 0 aromatic heterocycles. The molecule has 0 fully saturated rings. The Hall–Kier alpha value is -2.99. The first-order valence-electron chi connectivity index (χ1n) is 7.12. The van der Waals surface area contributed by atoms with Crippen LogP contribution in [0.1, 0.15) is 5.56 Å². The molecule has 0 aliphatic heterocycles. The molecule has 0 saturated heterocycles. The third-order valence-electron chi connectivity index (χ3n) is 3.32. The van der Waals surface area contributed by atoms with Crippen molar-refractivity contribution in [3.63, 3.8) is 0 Å². The summed E-state index contributed by atoms with van der Waals surface area (Å²) < 4.78 is 28.8. The summed E-state index contributed by atoms with van der Waals surface area (Å²) in [7, 11) is -3.99. The molecule has 2 aromatic rings. The van der Waals surface area contributed by atoms with Gasteiger partial charge in [0, 0.05) is 5.57 Å². The van der Waals surface area contributed by atoms with E-state index in [2.05, 4.69) is 5.16 Å². The molecule has 24 heavy (non-hydrogen) atoms. The first-order chi connectivity index (χ1) is 11.6. The molecule has 0 N–H and O–H groups in total. The summed E-state index contributed by atoms with van der Waals surface area (Å²) in [5.41, 5.74) is 1.40. The highest BCUT2D eigenvalue weighted by Crippen LogP contribution is 2.20. The van der Waals surface area contributed by atoms with Crippen molar-refractivity contribution in [2.24, 2.45) is 5.16 Å². The first-order valence-corrected chi connectivity index (χ1v) is 8.53. The molecule has 0 amide bonds. The van der Waals surface area contributed by atoms with Crippen LogP contribution in [0.4, 0.5) is 0 Å². The van der Waals surface area contributed by atoms with Crippen LogP contribution in [0, 0.1) is 0 Å². The summed E-state index contributed by atoms with van der Waals surface area (Å²) in [6.45, 7) is 0. The predicted octanol–water partition coefficient (Wildman–Crippen LogP) is 2.97. The molecule has 120 valence electrons. The Morgan fingerprint density at radius 1 is 0.833 bits per heavy atom. The van der Waals surface area contributed by atoms with E-state index in [9.17, 15) is 13.2 Å². The Labute approximate surface area is 139 Å². The highest BCUT2D eigenvalue weighted by Gasteiger charge is 2.17. The van der Waals surface area contributed by atoms with Crippen LogP contribution in [0.25, 0.3) is 5.57 Å². The molecule has 5 nitrogen and oxygen atoms in total. The van der Waals surface area contributed by atoms with Gasteiger partial charge >= 0.3 is 10.1 Å². The van der Waals surface area contributed by atoms with Gasteiger partial charge in [0.2, 0.25) is 0 Å². The van der Waals surface area contributed by atoms with E-state index < -0.39 is 10.1 Å². The number of benzene rings is 2. The number of carbonyl (C=O) groups is 1. The van der Waals surface area contributed by atoms with Crippen molar-refractivity contribution in [3.8, 4) is 0 Å². The Kier molecular flexibility index (Phi) is 4.39. The molecule has 0 radical (unpaired) electrons. The topological polar surface area (TPSA) is 72.8 Å². The van der Waals surface area contributed by atoms with Crippen LogP contribution in [0.5, 0.6) is 0 Å². The van der Waals surface area contributed by atoms with E-state index in [-0.39, 0.29) is 16.4 Å². The second kappa shape index (κ2) is 6.64. The summed E-state index contributed by atoms with van der Waals surface area (Å²) in [5, 5.41) is 3.65. The minimum Gasteiger partial charge on any atom is -0.289 e. The lowest BCUT2D eigenvalue weighted by Crippen LogP contribution is -2.09. The van der Waals surface area contributed by atoms with Crippen LogP contribution in [0.3, 0.4) is 0 Å². The minimum absolute atomic E-state index is 0.0116. The first kappa shape index (κ1) is 15.9. The molecule has 3 rings (SSSR count). The van der Waals surface area contributed by atoms with Crippen LogP contribution in [-0.4, -0.2) is 19.9 Å². The van der Waals surface area contributed by atoms with E-state index in [0.29, 0.717) is 5.57 Å². The Morgan fingerprint density at radius 3 is 2.12 bits per heavy atom. The fourth-order valence-corrected chi connectivity index (χ4v) is 2.90. The Morgan fingerprint density at radius 2 is 1.46 bits per heavy atom. The largest absolute Gasteiger partial charge is 0.358 e. The third kappa shape index (κ3) is 3.49. The number of ketones is 1. The summed E-state index contributed by atoms with van der Waals surface area (Å²) in [5.74, 6) is -0.175. The van der Waals surface area contributed by atoms with Crippen LogP contribution in [0.15, 0.2) is 88.9 Å². The van der Waals surface area contributed by atoms with Gasteiger partial charge in [-0.3, -0.25) is 9.08 Å². The van der Waals surface area contributed by atoms with Gasteiger partial charge in [-0.2, -0.15) is 8.42 Å². The van der Waals surface area contributed by atoms with Gasteiger partial charge in [0.05, 0.1) is 0 Å². The zero-order valence-electron chi connectivity index (χ0n) is 12.5. The molecule has 6 heteroatoms. The second-order valence-corrected chi connectivity index (χ2v) is 6.51. The average molecular weight is 339 g/mol. The highest BCUT2D eigenvalue weighted by molar-refractivity contribution is 7.86. The maximum atomic E-state index is 12.0. The van der Waals surface area contributed by atoms with Gasteiger partial charge < -0.3 is 0 Å². The molecule has 2 aromatic carbocycles. The zero-order chi connectivity index (χ0) is 17.0. The summed E-state index contributed by atoms with van der Waals surface area (Å²) in [6, 6.07) is 16.8. The fourth-order valence-electron chi connectivity index (χ4n) is 2.14. The SMILES string of the molecule is O=C1C=CC(=NOS(=O)(=O)c2ccccc2)C=C1c1ccccc1. The van der Waals surface area contributed by atoms with Gasteiger partial charge in [0.1, 0.15) is 10.6 Å². The maximum absolute atomic E-state index is 12.0. The molecular weight excluding hydrogens is 326 g/mol. The van der Waals surface area contributed by atoms with Crippen molar-refractivity contribution >= 4 is 27.2 Å². The van der Waals surface area contributed by atoms with Crippen molar-refractivity contribution in [3.05, 3.63) is 84.5 Å². The van der Waals surface area contributed by atoms with E-state index in [1.807, 2.05) is 18.2 Å². The quantitative estimate of drug-likeness (QED) is 0.634. The van der Waals surface area contributed by atoms with Crippen molar-refractivity contribution in [1.29, 1.82) is 0 Å². The number of oxime groups is 1. The monoisotopic (exact) mass is 339 g/mol. The highest BCUT2D eigenvalue weighted by atomic mass is 32.2. The smallest absolute Gasteiger partial charge is 0.289 e. The van der Waals surface area contributed by atoms with E-state index in [4.69, 9.17) is 4.28 Å². The van der Waals surface area contributed by atoms with E-state index in [1.54, 1.807) is 30.3 Å². The van der Waals surface area contributed by atoms with Gasteiger partial charge in [-0.1, -0.05) is 53.7 Å². The van der Waals surface area contributed by atoms with Crippen LogP contribution in [0.2, 0.25) is 0 Å². The van der Waals surface area contributed by atoms with Gasteiger partial charge in [-0.15, -0.1) is 0 Å². The molecular formula is C18H13NO4S. The average Bonchev–Trinajstić information content (AvgIpc) is 2.62. The lowest BCUT2D eigenvalue weighted by atomic mass is 9.96. The van der Waals surface area contributed by atoms with Crippen molar-refractivity contribution in [2.75, 3.05) is 0 Å². The molecule has 0 atom stereocenters. The molecule has 0 heterocycles. The standard InChI is InChI=1S/C18H13NO4S/c20-18-12-11-15(13-17(18)14-7-3-1-4-8-14)19-23-24(21,22)16-9-5-2-6-10-16/h1-13H. The van der Waals surface area contributed by atoms with Gasteiger partial charge in [-0.25, -0.2) is 0 Å². The van der Waals surface area contributed by atoms with Gasteiger partial charge in [0.25, 0.3) is 0 Å². The molecule has 1 aliphatic rings. The van der Waals surface area contributed by atoms with Crippen molar-refractivity contribution in [2.45, 2.75) is 4.90 Å². The van der Waals surface area contributed by atoms with Gasteiger partial charge in [0.15, 0.2) is 5.78 Å². The molecule has 1 aliphatic carbocycles. The number of hydrogen-bond acceptors (Lipinski definition) is 5. The summed E-state index contributed by atoms with van der Waals surface area (Å²) in [6.07, 6.45) is 4.24. The van der Waals surface area contributed by atoms with Crippen LogP contribution < -0.4 is 0 Å². The normalized spacial score (nSPS) is 16.1. The van der Waals surface area contributed by atoms with E-state index in [0.717, 1.165) is 5.56 Å². The zero-order valence-corrected chi connectivity index (χ0v) is 13.3. The second-order valence-electron chi connectivity index (χ2n) is 4.98. The molecule has 0 saturated carbocycles. The maximum Gasteiger partial charge on any atom is 0.358 e. The number of hydrogen-bond donors (Lipinski definition) is 0. The van der Waals surface area contributed by atoms with Crippen LogP contribution >= 0.6 is 0 Å². The molecule has 0 unspecified atom stereocenters. The van der Waals surface area contributed by atoms with Crippen molar-refractivity contribution < 1.29 is 17.5 Å². The third-order valence-corrected chi connectivity index (χ3v) is 4.44. The summed E-state index contributed by atoms with van der Waals surface area (Å²) in [4.78, 5) is 12.0. The van der Waals surface area contributed by atoms with E-state index >= 15 is 0 Å². The Bertz CT molecular complexity index is 943.